The second kappa shape index (κ2) is 11.6. The Morgan fingerprint density at radius 2 is 2.00 bits per heavy atom. The minimum Gasteiger partial charge on any atom is -0.390 e. The van der Waals surface area contributed by atoms with E-state index in [2.05, 4.69) is 12.2 Å². The highest BCUT2D eigenvalue weighted by Crippen LogP contribution is 2.20. The van der Waals surface area contributed by atoms with Crippen molar-refractivity contribution in [2.24, 2.45) is 0 Å². The Morgan fingerprint density at radius 3 is 2.52 bits per heavy atom. The Hall–Kier alpha value is -1.97. The van der Waals surface area contributed by atoms with Crippen molar-refractivity contribution in [2.75, 3.05) is 6.61 Å². The third kappa shape index (κ3) is 7.73. The molecule has 0 bridgehead atoms. The predicted octanol–water partition coefficient (Wildman–Crippen LogP) is 4.16. The first-order valence-electron chi connectivity index (χ1n) is 8.02. The van der Waals surface area contributed by atoms with Crippen molar-refractivity contribution < 1.29 is 14.6 Å². The minimum atomic E-state index is -0.470. The van der Waals surface area contributed by atoms with E-state index in [1.807, 2.05) is 49.4 Å². The van der Waals surface area contributed by atoms with Gasteiger partial charge in [-0.2, -0.15) is 0 Å². The molecule has 0 amide bonds. The smallest absolute Gasteiger partial charge is 0.142 e. The van der Waals surface area contributed by atoms with E-state index < -0.39 is 6.10 Å². The lowest BCUT2D eigenvalue weighted by atomic mass is 10.1. The molecule has 2 atom stereocenters. The molecule has 0 fully saturated rings. The standard InChI is InChI=1S/C11H16O2.C9H10O/c1-3-13-11(9(2)12)10-7-5-4-6-8-10;10-8-4-7-9-5-2-1-3-6-9/h4-9,11-12H,3H2,1-2H3;2,4-8H,1,3H2. The number of hydrogen-bond acceptors (Lipinski definition) is 3. The predicted molar refractivity (Wildman–Crippen MR) is 94.2 cm³/mol. The normalized spacial score (nSPS) is 16.2. The van der Waals surface area contributed by atoms with Gasteiger partial charge in [0.05, 0.1) is 6.10 Å². The Labute approximate surface area is 139 Å². The first kappa shape index (κ1) is 19.1. The molecule has 3 nitrogen and oxygen atoms in total. The number of benzene rings is 1. The maximum absolute atomic E-state index is 9.91. The van der Waals surface area contributed by atoms with E-state index in [-0.39, 0.29) is 6.10 Å². The van der Waals surface area contributed by atoms with Crippen molar-refractivity contribution in [3.8, 4) is 0 Å². The summed E-state index contributed by atoms with van der Waals surface area (Å²) in [5.41, 5.74) is 2.16. The van der Waals surface area contributed by atoms with Crippen LogP contribution in [0, 0.1) is 0 Å². The largest absolute Gasteiger partial charge is 0.390 e. The molecule has 0 spiro atoms. The second-order valence-corrected chi connectivity index (χ2v) is 5.21. The fourth-order valence-electron chi connectivity index (χ4n) is 2.24. The highest BCUT2D eigenvalue weighted by Gasteiger charge is 2.16. The molecule has 0 saturated carbocycles. The first-order chi connectivity index (χ1) is 11.2. The number of carbonyl (C=O) groups excluding carboxylic acids is 1. The summed E-state index contributed by atoms with van der Waals surface area (Å²) >= 11 is 0. The Balaban J connectivity index is 0.000000238. The van der Waals surface area contributed by atoms with E-state index in [4.69, 9.17) is 4.74 Å². The summed E-state index contributed by atoms with van der Waals surface area (Å²) in [6.07, 6.45) is 11.9. The van der Waals surface area contributed by atoms with Crippen LogP contribution in [0.4, 0.5) is 0 Å². The Morgan fingerprint density at radius 1 is 1.26 bits per heavy atom. The van der Waals surface area contributed by atoms with E-state index in [0.29, 0.717) is 6.61 Å². The molecule has 124 valence electrons. The molecule has 2 unspecified atom stereocenters. The Bertz CT molecular complexity index is 527. The molecule has 1 aliphatic carbocycles. The molecule has 0 saturated heterocycles. The molecule has 1 N–H and O–H groups in total. The van der Waals surface area contributed by atoms with Crippen molar-refractivity contribution in [3.63, 3.8) is 0 Å². The lowest BCUT2D eigenvalue weighted by molar-refractivity contribution is -0.104. The van der Waals surface area contributed by atoms with E-state index in [9.17, 15) is 9.90 Å². The highest BCUT2D eigenvalue weighted by atomic mass is 16.5. The maximum atomic E-state index is 9.91. The molecule has 0 heterocycles. The summed E-state index contributed by atoms with van der Waals surface area (Å²) in [4.78, 5) is 9.91. The second-order valence-electron chi connectivity index (χ2n) is 5.21. The molecule has 1 aliphatic rings. The SMILES string of the molecule is CCOC(c1ccccc1)C(C)O.O=CC=CC1=CCCC=C1. The number of rotatable bonds is 6. The van der Waals surface area contributed by atoms with Gasteiger partial charge >= 0.3 is 0 Å². The van der Waals surface area contributed by atoms with Crippen LogP contribution in [0.3, 0.4) is 0 Å². The van der Waals surface area contributed by atoms with Crippen LogP contribution < -0.4 is 0 Å². The van der Waals surface area contributed by atoms with Gasteiger partial charge in [0, 0.05) is 6.61 Å². The van der Waals surface area contributed by atoms with Crippen molar-refractivity contribution in [2.45, 2.75) is 38.9 Å². The quantitative estimate of drug-likeness (QED) is 0.633. The van der Waals surface area contributed by atoms with E-state index in [1.165, 1.54) is 6.08 Å². The van der Waals surface area contributed by atoms with Gasteiger partial charge in [-0.15, -0.1) is 0 Å². The number of aliphatic hydroxyl groups excluding tert-OH is 1. The van der Waals surface area contributed by atoms with Crippen LogP contribution >= 0.6 is 0 Å². The molecule has 3 heteroatoms. The van der Waals surface area contributed by atoms with Gasteiger partial charge in [-0.25, -0.2) is 0 Å². The zero-order chi connectivity index (χ0) is 16.9. The van der Waals surface area contributed by atoms with Gasteiger partial charge in [-0.05, 0) is 43.9 Å². The van der Waals surface area contributed by atoms with Crippen LogP contribution in [0.15, 0.2) is 66.3 Å². The van der Waals surface area contributed by atoms with Gasteiger partial charge in [0.25, 0.3) is 0 Å². The van der Waals surface area contributed by atoms with Crippen molar-refractivity contribution in [1.29, 1.82) is 0 Å². The summed E-state index contributed by atoms with van der Waals surface area (Å²) in [5.74, 6) is 0. The Kier molecular flexibility index (Phi) is 9.60. The van der Waals surface area contributed by atoms with E-state index in [1.54, 1.807) is 6.92 Å². The average molecular weight is 314 g/mol. The zero-order valence-corrected chi connectivity index (χ0v) is 13.9. The highest BCUT2D eigenvalue weighted by molar-refractivity contribution is 5.66. The summed E-state index contributed by atoms with van der Waals surface area (Å²) in [7, 11) is 0. The van der Waals surface area contributed by atoms with Crippen molar-refractivity contribution in [3.05, 3.63) is 71.8 Å². The minimum absolute atomic E-state index is 0.203. The van der Waals surface area contributed by atoms with Gasteiger partial charge in [-0.1, -0.05) is 54.6 Å². The van der Waals surface area contributed by atoms with Gasteiger partial charge in [-0.3, -0.25) is 4.79 Å². The summed E-state index contributed by atoms with van der Waals surface area (Å²) in [6, 6.07) is 9.78. The lowest BCUT2D eigenvalue weighted by Crippen LogP contribution is -2.17. The molecular weight excluding hydrogens is 288 g/mol. The van der Waals surface area contributed by atoms with Crippen molar-refractivity contribution in [1.82, 2.24) is 0 Å². The fourth-order valence-corrected chi connectivity index (χ4v) is 2.24. The number of carbonyl (C=O) groups is 1. The molecule has 0 radical (unpaired) electrons. The van der Waals surface area contributed by atoms with Gasteiger partial charge in [0.15, 0.2) is 0 Å². The number of aliphatic hydroxyl groups is 1. The van der Waals surface area contributed by atoms with Crippen LogP contribution in [-0.4, -0.2) is 24.1 Å². The van der Waals surface area contributed by atoms with Crippen molar-refractivity contribution >= 4 is 6.29 Å². The first-order valence-corrected chi connectivity index (χ1v) is 8.02. The van der Waals surface area contributed by atoms with Gasteiger partial charge in [0.1, 0.15) is 12.4 Å². The third-order valence-corrected chi connectivity index (χ3v) is 3.30. The number of allylic oxidation sites excluding steroid dienone is 6. The maximum Gasteiger partial charge on any atom is 0.142 e. The monoisotopic (exact) mass is 314 g/mol. The molecule has 1 aromatic rings. The van der Waals surface area contributed by atoms with Gasteiger partial charge < -0.3 is 9.84 Å². The topological polar surface area (TPSA) is 46.5 Å². The lowest BCUT2D eigenvalue weighted by Gasteiger charge is -2.19. The summed E-state index contributed by atoms with van der Waals surface area (Å²) in [5, 5.41) is 9.47. The number of hydrogen-bond donors (Lipinski definition) is 1. The van der Waals surface area contributed by atoms with Crippen LogP contribution in [0.5, 0.6) is 0 Å². The van der Waals surface area contributed by atoms with Crippen LogP contribution in [0.2, 0.25) is 0 Å². The average Bonchev–Trinajstić information content (AvgIpc) is 2.60. The zero-order valence-electron chi connectivity index (χ0n) is 13.9. The molecule has 2 rings (SSSR count). The summed E-state index contributed by atoms with van der Waals surface area (Å²) in [6.45, 7) is 4.29. The number of ether oxygens (including phenoxy) is 1. The molecule has 0 aliphatic heterocycles. The van der Waals surface area contributed by atoms with E-state index in [0.717, 1.165) is 30.3 Å². The molecule has 0 aromatic heterocycles. The van der Waals surface area contributed by atoms with Crippen LogP contribution in [0.1, 0.15) is 38.4 Å². The molecular formula is C20H26O3. The van der Waals surface area contributed by atoms with Gasteiger partial charge in [0.2, 0.25) is 0 Å². The van der Waals surface area contributed by atoms with Crippen LogP contribution in [-0.2, 0) is 9.53 Å². The third-order valence-electron chi connectivity index (χ3n) is 3.30. The fraction of sp³-hybridized carbons (Fsp3) is 0.350. The molecule has 1 aromatic carbocycles. The summed E-state index contributed by atoms with van der Waals surface area (Å²) < 4.78 is 5.44. The van der Waals surface area contributed by atoms with E-state index >= 15 is 0 Å². The molecule has 23 heavy (non-hydrogen) atoms. The van der Waals surface area contributed by atoms with Crippen LogP contribution in [0.25, 0.3) is 0 Å². The number of aldehydes is 1.